The van der Waals surface area contributed by atoms with Gasteiger partial charge in [0.25, 0.3) is 0 Å². The number of urea groups is 1. The summed E-state index contributed by atoms with van der Waals surface area (Å²) in [4.78, 5) is 27.5. The Kier molecular flexibility index (Phi) is 4.42. The Morgan fingerprint density at radius 1 is 1.38 bits per heavy atom. The van der Waals surface area contributed by atoms with Gasteiger partial charge in [-0.25, -0.2) is 14.6 Å². The molecule has 2 aromatic rings. The summed E-state index contributed by atoms with van der Waals surface area (Å²) < 4.78 is 0.961. The Bertz CT molecular complexity index is 637. The molecule has 2 amide bonds. The number of nitrogens with one attached hydrogen (secondary N) is 2. The molecule has 1 aromatic heterocycles. The van der Waals surface area contributed by atoms with Crippen LogP contribution in [0.2, 0.25) is 0 Å². The van der Waals surface area contributed by atoms with Gasteiger partial charge >= 0.3 is 12.0 Å². The van der Waals surface area contributed by atoms with E-state index in [4.69, 9.17) is 0 Å². The number of aliphatic carboxylic acids is 1. The topological polar surface area (TPSA) is 91.3 Å². The van der Waals surface area contributed by atoms with Crippen LogP contribution in [0.15, 0.2) is 24.3 Å². The molecule has 2 rings (SSSR count). The smallest absolute Gasteiger partial charge is 0.329 e. The van der Waals surface area contributed by atoms with Crippen LogP contribution in [0.3, 0.4) is 0 Å². The maximum Gasteiger partial charge on any atom is 0.329 e. The highest BCUT2D eigenvalue weighted by atomic mass is 32.1. The molecule has 0 aliphatic heterocycles. The first-order valence-electron chi connectivity index (χ1n) is 6.63. The van der Waals surface area contributed by atoms with Crippen molar-refractivity contribution in [2.75, 3.05) is 5.32 Å². The number of anilines is 1. The monoisotopic (exact) mass is 307 g/mol. The third-order valence-corrected chi connectivity index (χ3v) is 4.08. The molecule has 21 heavy (non-hydrogen) atoms. The normalized spacial score (nSPS) is 13.6. The van der Waals surface area contributed by atoms with Crippen molar-refractivity contribution in [3.05, 3.63) is 24.3 Å². The fourth-order valence-corrected chi connectivity index (χ4v) is 2.89. The van der Waals surface area contributed by atoms with Crippen molar-refractivity contribution in [1.29, 1.82) is 0 Å². The van der Waals surface area contributed by atoms with Crippen molar-refractivity contribution >= 4 is 38.7 Å². The molecule has 1 aromatic carbocycles. The van der Waals surface area contributed by atoms with Crippen molar-refractivity contribution in [2.24, 2.45) is 0 Å². The maximum atomic E-state index is 12.0. The summed E-state index contributed by atoms with van der Waals surface area (Å²) in [6, 6.07) is 6.97. The lowest BCUT2D eigenvalue weighted by molar-refractivity contribution is -0.143. The molecule has 6 nitrogen and oxygen atoms in total. The van der Waals surface area contributed by atoms with Gasteiger partial charge in [0.1, 0.15) is 5.54 Å². The lowest BCUT2D eigenvalue weighted by Gasteiger charge is -2.25. The van der Waals surface area contributed by atoms with Gasteiger partial charge in [-0.05, 0) is 25.5 Å². The zero-order valence-electron chi connectivity index (χ0n) is 11.8. The van der Waals surface area contributed by atoms with Crippen LogP contribution in [0, 0.1) is 0 Å². The third kappa shape index (κ3) is 3.49. The van der Waals surface area contributed by atoms with E-state index in [0.29, 0.717) is 18.0 Å². The molecule has 3 N–H and O–H groups in total. The Morgan fingerprint density at radius 3 is 2.71 bits per heavy atom. The van der Waals surface area contributed by atoms with Crippen LogP contribution in [0.4, 0.5) is 9.93 Å². The Labute approximate surface area is 126 Å². The van der Waals surface area contributed by atoms with Crippen LogP contribution in [0.5, 0.6) is 0 Å². The molecular formula is C14H17N3O3S. The van der Waals surface area contributed by atoms with Crippen LogP contribution in [-0.2, 0) is 4.79 Å². The molecule has 7 heteroatoms. The molecule has 0 radical (unpaired) electrons. The lowest BCUT2D eigenvalue weighted by Crippen LogP contribution is -2.53. The number of hydrogen-bond acceptors (Lipinski definition) is 4. The molecule has 0 spiro atoms. The number of nitrogens with zero attached hydrogens (tertiary/aromatic N) is 1. The number of carbonyl (C=O) groups is 2. The fraction of sp³-hybridized carbons (Fsp3) is 0.357. The van der Waals surface area contributed by atoms with E-state index in [0.717, 1.165) is 10.2 Å². The van der Waals surface area contributed by atoms with Crippen molar-refractivity contribution in [3.63, 3.8) is 0 Å². The van der Waals surface area contributed by atoms with Gasteiger partial charge in [-0.2, -0.15) is 0 Å². The van der Waals surface area contributed by atoms with Crippen LogP contribution in [-0.4, -0.2) is 27.6 Å². The van der Waals surface area contributed by atoms with Gasteiger partial charge in [0.15, 0.2) is 5.13 Å². The summed E-state index contributed by atoms with van der Waals surface area (Å²) in [7, 11) is 0. The molecule has 0 fully saturated rings. The van der Waals surface area contributed by atoms with Crippen LogP contribution < -0.4 is 10.6 Å². The first-order chi connectivity index (χ1) is 9.94. The van der Waals surface area contributed by atoms with Gasteiger partial charge < -0.3 is 10.4 Å². The summed E-state index contributed by atoms with van der Waals surface area (Å²) in [6.07, 6.45) is 1.01. The van der Waals surface area contributed by atoms with E-state index in [9.17, 15) is 14.7 Å². The molecule has 0 aliphatic rings. The van der Waals surface area contributed by atoms with E-state index in [1.807, 2.05) is 31.2 Å². The Balaban J connectivity index is 2.08. The number of rotatable bonds is 5. The third-order valence-electron chi connectivity index (χ3n) is 3.13. The molecule has 0 aliphatic carbocycles. The Morgan fingerprint density at radius 2 is 2.10 bits per heavy atom. The maximum absolute atomic E-state index is 12.0. The number of hydrogen-bond donors (Lipinski definition) is 3. The number of carboxylic acid groups (broad SMARTS) is 1. The van der Waals surface area contributed by atoms with Crippen LogP contribution in [0.25, 0.3) is 10.2 Å². The first-order valence-corrected chi connectivity index (χ1v) is 7.44. The molecule has 1 atom stereocenters. The number of carbonyl (C=O) groups excluding carboxylic acids is 1. The molecule has 0 saturated heterocycles. The molecular weight excluding hydrogens is 290 g/mol. The minimum atomic E-state index is -1.28. The predicted octanol–water partition coefficient (Wildman–Crippen LogP) is 3.06. The van der Waals surface area contributed by atoms with Gasteiger partial charge in [0.2, 0.25) is 0 Å². The van der Waals surface area contributed by atoms with E-state index in [1.54, 1.807) is 0 Å². The van der Waals surface area contributed by atoms with E-state index in [-0.39, 0.29) is 0 Å². The quantitative estimate of drug-likeness (QED) is 0.791. The molecule has 112 valence electrons. The highest BCUT2D eigenvalue weighted by molar-refractivity contribution is 7.22. The van der Waals surface area contributed by atoms with E-state index >= 15 is 0 Å². The molecule has 1 unspecified atom stereocenters. The van der Waals surface area contributed by atoms with Gasteiger partial charge in [0, 0.05) is 0 Å². The number of para-hydroxylation sites is 1. The van der Waals surface area contributed by atoms with Gasteiger partial charge in [-0.1, -0.05) is 36.8 Å². The summed E-state index contributed by atoms with van der Waals surface area (Å²) >= 11 is 1.34. The van der Waals surface area contributed by atoms with Gasteiger partial charge in [0.05, 0.1) is 10.2 Å². The number of amides is 2. The highest BCUT2D eigenvalue weighted by Crippen LogP contribution is 2.25. The Hall–Kier alpha value is -2.15. The van der Waals surface area contributed by atoms with E-state index in [1.165, 1.54) is 18.3 Å². The lowest BCUT2D eigenvalue weighted by atomic mass is 9.97. The van der Waals surface area contributed by atoms with Crippen molar-refractivity contribution in [3.8, 4) is 0 Å². The number of benzene rings is 1. The fourth-order valence-electron chi connectivity index (χ4n) is 2.03. The molecule has 0 bridgehead atoms. The van der Waals surface area contributed by atoms with Crippen LogP contribution >= 0.6 is 11.3 Å². The number of carboxylic acids is 1. The largest absolute Gasteiger partial charge is 0.480 e. The predicted molar refractivity (Wildman–Crippen MR) is 82.7 cm³/mol. The number of fused-ring (bicyclic) bond motifs is 1. The van der Waals surface area contributed by atoms with E-state index < -0.39 is 17.5 Å². The van der Waals surface area contributed by atoms with Crippen molar-refractivity contribution in [2.45, 2.75) is 32.2 Å². The zero-order chi connectivity index (χ0) is 15.5. The first kappa shape index (κ1) is 15.2. The summed E-state index contributed by atoms with van der Waals surface area (Å²) in [6.45, 7) is 3.37. The summed E-state index contributed by atoms with van der Waals surface area (Å²) in [5.74, 6) is -1.05. The average Bonchev–Trinajstić information content (AvgIpc) is 2.80. The second-order valence-electron chi connectivity index (χ2n) is 4.95. The standard InChI is InChI=1S/C14H17N3O3S/c1-3-8-14(2,11(18)19)17-12(20)16-13-15-9-6-4-5-7-10(9)21-13/h4-7H,3,8H2,1-2H3,(H,18,19)(H2,15,16,17,20). The minimum absolute atomic E-state index is 0.357. The number of thiazole rings is 1. The SMILES string of the molecule is CCCC(C)(NC(=O)Nc1nc2ccccc2s1)C(=O)O. The summed E-state index contributed by atoms with van der Waals surface area (Å²) in [5.41, 5.74) is -0.484. The van der Waals surface area contributed by atoms with Crippen molar-refractivity contribution in [1.82, 2.24) is 10.3 Å². The summed E-state index contributed by atoms with van der Waals surface area (Å²) in [5, 5.41) is 14.8. The van der Waals surface area contributed by atoms with Gasteiger partial charge in [-0.15, -0.1) is 0 Å². The number of aromatic nitrogens is 1. The average molecular weight is 307 g/mol. The molecule has 1 heterocycles. The molecule has 0 saturated carbocycles. The van der Waals surface area contributed by atoms with Gasteiger partial charge in [-0.3, -0.25) is 5.32 Å². The second kappa shape index (κ2) is 6.09. The zero-order valence-corrected chi connectivity index (χ0v) is 12.7. The van der Waals surface area contributed by atoms with E-state index in [2.05, 4.69) is 15.6 Å². The minimum Gasteiger partial charge on any atom is -0.480 e. The van der Waals surface area contributed by atoms with Crippen LogP contribution in [0.1, 0.15) is 26.7 Å². The second-order valence-corrected chi connectivity index (χ2v) is 5.98. The van der Waals surface area contributed by atoms with Crippen molar-refractivity contribution < 1.29 is 14.7 Å². The highest BCUT2D eigenvalue weighted by Gasteiger charge is 2.33.